The summed E-state index contributed by atoms with van der Waals surface area (Å²) in [6.45, 7) is 13.6. The van der Waals surface area contributed by atoms with Gasteiger partial charge in [0.2, 0.25) is 11.8 Å². The number of amides is 2. The monoisotopic (exact) mass is 894 g/mol. The minimum absolute atomic E-state index is 0. The maximum Gasteiger partial charge on any atom is 0.296 e. The molecule has 63 heavy (non-hydrogen) atoms. The van der Waals surface area contributed by atoms with Crippen molar-refractivity contribution in [3.8, 4) is 23.0 Å². The van der Waals surface area contributed by atoms with Crippen LogP contribution in [0.25, 0.3) is 0 Å². The number of rotatable bonds is 13. The Morgan fingerprint density at radius 2 is 1.11 bits per heavy atom. The highest BCUT2D eigenvalue weighted by Gasteiger charge is 2.24. The van der Waals surface area contributed by atoms with Crippen LogP contribution in [0.5, 0.6) is 23.0 Å². The Morgan fingerprint density at radius 3 is 1.49 bits per heavy atom. The molecule has 4 aromatic rings. The van der Waals surface area contributed by atoms with E-state index in [1.165, 1.54) is 56.5 Å². The number of hydrogen-bond donors (Lipinski definition) is 5. The van der Waals surface area contributed by atoms with E-state index in [0.29, 0.717) is 52.8 Å². The molecule has 2 aliphatic rings. The molecule has 5 N–H and O–H groups in total. The van der Waals surface area contributed by atoms with E-state index in [9.17, 15) is 29.8 Å². The Balaban J connectivity index is 0.000000366. The summed E-state index contributed by atoms with van der Waals surface area (Å²) >= 11 is 5.41. The quantitative estimate of drug-likeness (QED) is 0.0479. The largest absolute Gasteiger partial charge is 0.457 e. The van der Waals surface area contributed by atoms with Gasteiger partial charge in [-0.1, -0.05) is 42.5 Å². The van der Waals surface area contributed by atoms with E-state index in [-0.39, 0.29) is 49.6 Å². The van der Waals surface area contributed by atoms with Crippen LogP contribution < -0.4 is 36.1 Å². The van der Waals surface area contributed by atoms with Crippen molar-refractivity contribution in [1.29, 1.82) is 0 Å². The molecule has 2 saturated heterocycles. The molecule has 344 valence electrons. The van der Waals surface area contributed by atoms with Gasteiger partial charge in [-0.15, -0.1) is 11.6 Å². The molecule has 19 heteroatoms. The molecule has 2 aromatic heterocycles. The first-order chi connectivity index (χ1) is 29.1. The second-order valence-electron chi connectivity index (χ2n) is 15.3. The number of alkyl halides is 1. The average Bonchev–Trinajstić information content (AvgIpc) is 3.21. The summed E-state index contributed by atoms with van der Waals surface area (Å²) in [5.41, 5.74) is 0.598. The SMILES string of the molecule is C.C.CC1CNCC(C)C1.CNc1ccc(Oc2ccnc(NC(=O)CCl)c2)cc1[N+](=O)[O-].CNc1ccc(Oc2ccnc(NC(=O)CN3CC(C)CC(C)C3)c2)cc1[N+](=O)[O-]. The van der Waals surface area contributed by atoms with Gasteiger partial charge in [0.05, 0.1) is 28.5 Å². The summed E-state index contributed by atoms with van der Waals surface area (Å²) in [6, 6.07) is 15.3. The van der Waals surface area contributed by atoms with Crippen LogP contribution in [0, 0.1) is 43.9 Å². The Morgan fingerprint density at radius 1 is 0.698 bits per heavy atom. The standard InChI is InChI=1S/C21H27N5O4.C14H13ClN4O4.C7H15N.2CH4/c1-14-8-15(2)12-25(11-14)13-21(27)24-20-10-17(6-7-23-20)30-16-4-5-18(22-3)19(9-16)26(28)29;1-16-11-3-2-9(6-12(11)19(21)22)23-10-4-5-17-13(7-10)18-14(20)8-15;1-6-3-7(2)5-8-4-6;;/h4-7,9-10,14-15,22H,8,11-13H2,1-3H3,(H,23,24,27);2-7,16H,8H2,1H3,(H,17,18,20);6-8H,3-5H2,1-2H3;2*1H4. The van der Waals surface area contributed by atoms with Gasteiger partial charge in [-0.2, -0.15) is 0 Å². The Hall–Kier alpha value is -6.11. The molecule has 0 radical (unpaired) electrons. The van der Waals surface area contributed by atoms with Crippen LogP contribution in [0.3, 0.4) is 0 Å². The van der Waals surface area contributed by atoms with Gasteiger partial charge in [0, 0.05) is 51.7 Å². The summed E-state index contributed by atoms with van der Waals surface area (Å²) in [4.78, 5) is 55.2. The number of pyridine rings is 2. The highest BCUT2D eigenvalue weighted by Crippen LogP contribution is 2.33. The van der Waals surface area contributed by atoms with Gasteiger partial charge in [-0.25, -0.2) is 9.97 Å². The van der Waals surface area contributed by atoms with Gasteiger partial charge >= 0.3 is 0 Å². The summed E-state index contributed by atoms with van der Waals surface area (Å²) in [5.74, 6) is 4.29. The van der Waals surface area contributed by atoms with Gasteiger partial charge in [0.15, 0.2) is 0 Å². The number of nitro groups is 2. The van der Waals surface area contributed by atoms with E-state index in [4.69, 9.17) is 21.1 Å². The minimum Gasteiger partial charge on any atom is -0.457 e. The number of hydrogen-bond acceptors (Lipinski definition) is 14. The number of aromatic nitrogens is 2. The van der Waals surface area contributed by atoms with Gasteiger partial charge in [-0.05, 0) is 86.0 Å². The number of carbonyl (C=O) groups excluding carboxylic acids is 2. The first-order valence-electron chi connectivity index (χ1n) is 19.9. The molecular formula is C44H63ClN10O8. The predicted molar refractivity (Wildman–Crippen MR) is 251 cm³/mol. The fourth-order valence-corrected chi connectivity index (χ4v) is 7.21. The van der Waals surface area contributed by atoms with Crippen LogP contribution in [-0.4, -0.2) is 89.2 Å². The van der Waals surface area contributed by atoms with Crippen LogP contribution >= 0.6 is 11.6 Å². The number of nitrogens with one attached hydrogen (secondary N) is 5. The molecule has 2 aliphatic heterocycles. The number of carbonyl (C=O) groups is 2. The molecule has 4 heterocycles. The predicted octanol–water partition coefficient (Wildman–Crippen LogP) is 9.27. The Labute approximate surface area is 375 Å². The maximum atomic E-state index is 12.4. The van der Waals surface area contributed by atoms with Crippen molar-refractivity contribution in [2.24, 2.45) is 23.7 Å². The van der Waals surface area contributed by atoms with Crippen LogP contribution in [0.4, 0.5) is 34.4 Å². The van der Waals surface area contributed by atoms with Crippen LogP contribution in [0.15, 0.2) is 73.1 Å². The summed E-state index contributed by atoms with van der Waals surface area (Å²) < 4.78 is 11.3. The van der Waals surface area contributed by atoms with E-state index in [2.05, 4.69) is 69.1 Å². The molecule has 4 atom stereocenters. The van der Waals surface area contributed by atoms with Crippen LogP contribution in [-0.2, 0) is 9.59 Å². The van der Waals surface area contributed by atoms with Crippen molar-refractivity contribution in [3.63, 3.8) is 0 Å². The van der Waals surface area contributed by atoms with Crippen molar-refractivity contribution >= 4 is 57.8 Å². The molecule has 6 rings (SSSR count). The molecule has 18 nitrogen and oxygen atoms in total. The third-order valence-electron chi connectivity index (χ3n) is 9.56. The molecule has 2 fully saturated rings. The van der Waals surface area contributed by atoms with Gasteiger partial charge in [0.1, 0.15) is 51.9 Å². The fraction of sp³-hybridized carbons (Fsp3) is 0.455. The second kappa shape index (κ2) is 26.4. The number of halogens is 1. The number of anilines is 4. The molecule has 0 aliphatic carbocycles. The highest BCUT2D eigenvalue weighted by atomic mass is 35.5. The van der Waals surface area contributed by atoms with E-state index >= 15 is 0 Å². The average molecular weight is 896 g/mol. The molecule has 2 amide bonds. The van der Waals surface area contributed by atoms with Crippen molar-refractivity contribution in [1.82, 2.24) is 20.2 Å². The van der Waals surface area contributed by atoms with Crippen molar-refractivity contribution in [2.75, 3.05) is 74.0 Å². The maximum absolute atomic E-state index is 12.4. The summed E-state index contributed by atoms with van der Waals surface area (Å²) in [6.07, 6.45) is 5.56. The Kier molecular flexibility index (Phi) is 22.2. The van der Waals surface area contributed by atoms with E-state index < -0.39 is 15.8 Å². The number of benzene rings is 2. The summed E-state index contributed by atoms with van der Waals surface area (Å²) in [5, 5.41) is 36.4. The van der Waals surface area contributed by atoms with E-state index in [0.717, 1.165) is 24.9 Å². The number of ether oxygens (including phenoxy) is 2. The van der Waals surface area contributed by atoms with Gasteiger partial charge < -0.3 is 36.1 Å². The fourth-order valence-electron chi connectivity index (χ4n) is 7.15. The number of nitro benzene ring substituents is 2. The molecule has 0 saturated carbocycles. The third-order valence-corrected chi connectivity index (χ3v) is 9.81. The van der Waals surface area contributed by atoms with Gasteiger partial charge in [0.25, 0.3) is 11.4 Å². The van der Waals surface area contributed by atoms with Crippen LogP contribution in [0.2, 0.25) is 0 Å². The minimum atomic E-state index is -0.503. The molecular weight excluding hydrogens is 832 g/mol. The van der Waals surface area contributed by atoms with E-state index in [1.807, 2.05) is 0 Å². The molecule has 2 aromatic carbocycles. The highest BCUT2D eigenvalue weighted by molar-refractivity contribution is 6.29. The topological polar surface area (TPSA) is 228 Å². The lowest BCUT2D eigenvalue weighted by Gasteiger charge is -2.34. The second-order valence-corrected chi connectivity index (χ2v) is 15.6. The molecule has 0 bridgehead atoms. The van der Waals surface area contributed by atoms with E-state index in [1.54, 1.807) is 56.6 Å². The smallest absolute Gasteiger partial charge is 0.296 e. The van der Waals surface area contributed by atoms with Crippen LogP contribution in [0.1, 0.15) is 55.4 Å². The first kappa shape index (κ1) is 53.0. The Bertz CT molecular complexity index is 2090. The molecule has 0 spiro atoms. The normalized spacial score (nSPS) is 17.8. The van der Waals surface area contributed by atoms with Gasteiger partial charge in [-0.3, -0.25) is 34.7 Å². The lowest BCUT2D eigenvalue weighted by molar-refractivity contribution is -0.384. The van der Waals surface area contributed by atoms with Crippen molar-refractivity contribution < 1.29 is 28.9 Å². The molecule has 4 unspecified atom stereocenters. The number of nitrogens with zero attached hydrogens (tertiary/aromatic N) is 5. The lowest BCUT2D eigenvalue weighted by Crippen LogP contribution is -2.42. The summed E-state index contributed by atoms with van der Waals surface area (Å²) in [7, 11) is 3.21. The third kappa shape index (κ3) is 17.7. The first-order valence-corrected chi connectivity index (χ1v) is 20.5. The van der Waals surface area contributed by atoms with Crippen molar-refractivity contribution in [3.05, 3.63) is 93.3 Å². The zero-order chi connectivity index (χ0) is 44.5. The number of piperidine rings is 2. The lowest BCUT2D eigenvalue weighted by atomic mass is 9.92. The zero-order valence-corrected chi connectivity index (χ0v) is 36.0. The zero-order valence-electron chi connectivity index (χ0n) is 35.3. The van der Waals surface area contributed by atoms with Crippen molar-refractivity contribution in [2.45, 2.75) is 55.4 Å². The number of likely N-dealkylation sites (tertiary alicyclic amines) is 1.